The van der Waals surface area contributed by atoms with Crippen molar-refractivity contribution in [3.05, 3.63) is 25.3 Å². The first-order chi connectivity index (χ1) is 23.0. The van der Waals surface area contributed by atoms with E-state index in [0.717, 1.165) is 12.7 Å². The summed E-state index contributed by atoms with van der Waals surface area (Å²) in [5.74, 6) is 0.0316. The third-order valence-electron chi connectivity index (χ3n) is 7.21. The topological polar surface area (TPSA) is 422 Å². The average Bonchev–Trinajstić information content (AvgIpc) is 3.77. The molecule has 10 atom stereocenters. The maximum atomic E-state index is 12.4. The quantitative estimate of drug-likeness (QED) is 0.0671. The maximum Gasteiger partial charge on any atom is 0.490 e. The van der Waals surface area contributed by atoms with Crippen LogP contribution in [0.1, 0.15) is 12.5 Å². The number of nitrogens with zero attached hydrogens (tertiary/aromatic N) is 8. The lowest BCUT2D eigenvalue weighted by molar-refractivity contribution is -0.0510. The molecule has 2 aliphatic heterocycles. The third kappa shape index (κ3) is 7.55. The van der Waals surface area contributed by atoms with Crippen molar-refractivity contribution in [2.24, 2.45) is 0 Å². The molecule has 0 bridgehead atoms. The summed E-state index contributed by atoms with van der Waals surface area (Å²) in [5.41, 5.74) is 12.0. The SMILES string of the molecule is N.Nc1ncnc2c1ncn2C1OC(COP(=O)(O)OP(=O)(O)OP(=O)(O)OCC2OC(n3cnc4c(N)ncnc43)C(O)C2O)C(O)C1O. The van der Waals surface area contributed by atoms with Gasteiger partial charge >= 0.3 is 23.5 Å². The van der Waals surface area contributed by atoms with E-state index in [1.54, 1.807) is 0 Å². The number of phosphoric ester groups is 2. The minimum atomic E-state index is -5.94. The van der Waals surface area contributed by atoms with Crippen LogP contribution in [0.25, 0.3) is 22.3 Å². The maximum absolute atomic E-state index is 12.4. The van der Waals surface area contributed by atoms with Crippen LogP contribution in [0.4, 0.5) is 11.6 Å². The fourth-order valence-electron chi connectivity index (χ4n) is 4.96. The average molecular weight is 773 g/mol. The van der Waals surface area contributed by atoms with Gasteiger partial charge in [-0.2, -0.15) is 8.62 Å². The molecule has 0 saturated carbocycles. The van der Waals surface area contributed by atoms with Crippen molar-refractivity contribution in [1.29, 1.82) is 0 Å². The monoisotopic (exact) mass is 773 g/mol. The first kappa shape index (κ1) is 38.1. The van der Waals surface area contributed by atoms with E-state index in [4.69, 9.17) is 20.9 Å². The molecular formula is C20H30N11O16P3. The van der Waals surface area contributed by atoms with Crippen molar-refractivity contribution >= 4 is 57.4 Å². The Kier molecular flexibility index (Phi) is 10.7. The van der Waals surface area contributed by atoms with Gasteiger partial charge in [0.2, 0.25) is 0 Å². The largest absolute Gasteiger partial charge is 0.490 e. The number of nitrogens with two attached hydrogens (primary N) is 2. The van der Waals surface area contributed by atoms with Crippen molar-refractivity contribution in [3.8, 4) is 0 Å². The molecule has 0 radical (unpaired) electrons. The second-order valence-corrected chi connectivity index (χ2v) is 15.1. The smallest absolute Gasteiger partial charge is 0.387 e. The van der Waals surface area contributed by atoms with Crippen LogP contribution in [0.15, 0.2) is 25.3 Å². The van der Waals surface area contributed by atoms with Crippen molar-refractivity contribution in [2.75, 3.05) is 24.7 Å². The van der Waals surface area contributed by atoms with Crippen LogP contribution in [-0.4, -0.2) is 124 Å². The summed E-state index contributed by atoms with van der Waals surface area (Å²) in [7, 11) is -17.2. The number of aliphatic hydroxyl groups excluding tert-OH is 4. The van der Waals surface area contributed by atoms with Gasteiger partial charge in [0.15, 0.2) is 35.4 Å². The fourth-order valence-corrected chi connectivity index (χ4v) is 8.49. The van der Waals surface area contributed by atoms with E-state index in [9.17, 15) is 48.8 Å². The third-order valence-corrected chi connectivity index (χ3v) is 11.5. The number of fused-ring (bicyclic) bond motifs is 2. The van der Waals surface area contributed by atoms with Gasteiger partial charge in [0.1, 0.15) is 60.3 Å². The van der Waals surface area contributed by atoms with Crippen LogP contribution < -0.4 is 17.6 Å². The molecular weight excluding hydrogens is 743 g/mol. The van der Waals surface area contributed by atoms with E-state index >= 15 is 0 Å². The zero-order valence-electron chi connectivity index (χ0n) is 24.9. The minimum absolute atomic E-state index is 0. The Balaban J connectivity index is 0.00000486. The van der Waals surface area contributed by atoms with Crippen LogP contribution in [0.5, 0.6) is 0 Å². The lowest BCUT2D eigenvalue weighted by Crippen LogP contribution is -2.33. The molecule has 10 unspecified atom stereocenters. The second-order valence-electron chi connectivity index (χ2n) is 10.4. The van der Waals surface area contributed by atoms with Gasteiger partial charge in [0, 0.05) is 0 Å². The number of aromatic nitrogens is 8. The summed E-state index contributed by atoms with van der Waals surface area (Å²) in [6.07, 6.45) is -7.97. The molecule has 2 fully saturated rings. The number of nitrogen functional groups attached to an aromatic ring is 2. The van der Waals surface area contributed by atoms with Crippen LogP contribution >= 0.6 is 23.5 Å². The van der Waals surface area contributed by atoms with Crippen molar-refractivity contribution in [3.63, 3.8) is 0 Å². The Morgan fingerprint density at radius 2 is 1.02 bits per heavy atom. The molecule has 276 valence electrons. The number of aliphatic hydroxyl groups is 4. The molecule has 6 heterocycles. The van der Waals surface area contributed by atoms with E-state index in [1.807, 2.05) is 0 Å². The summed E-state index contributed by atoms with van der Waals surface area (Å²) in [5, 5.41) is 41.8. The Hall–Kier alpha value is -3.17. The number of hydrogen-bond donors (Lipinski definition) is 10. The van der Waals surface area contributed by atoms with Crippen LogP contribution in [-0.2, 0) is 40.8 Å². The molecule has 27 nitrogen and oxygen atoms in total. The minimum Gasteiger partial charge on any atom is -0.387 e. The van der Waals surface area contributed by atoms with Crippen molar-refractivity contribution in [2.45, 2.75) is 49.1 Å². The summed E-state index contributed by atoms with van der Waals surface area (Å²) in [6.45, 7) is -2.05. The van der Waals surface area contributed by atoms with Gasteiger partial charge in [-0.25, -0.2) is 43.6 Å². The van der Waals surface area contributed by atoms with Crippen LogP contribution in [0.3, 0.4) is 0 Å². The van der Waals surface area contributed by atoms with Crippen molar-refractivity contribution in [1.82, 2.24) is 45.2 Å². The van der Waals surface area contributed by atoms with Crippen LogP contribution in [0.2, 0.25) is 0 Å². The number of imidazole rings is 2. The molecule has 0 spiro atoms. The highest BCUT2D eigenvalue weighted by atomic mass is 31.3. The highest BCUT2D eigenvalue weighted by Gasteiger charge is 2.49. The Morgan fingerprint density at radius 1 is 0.640 bits per heavy atom. The number of hydrogen-bond acceptors (Lipinski definition) is 22. The highest BCUT2D eigenvalue weighted by molar-refractivity contribution is 7.66. The predicted molar refractivity (Wildman–Crippen MR) is 160 cm³/mol. The normalized spacial score (nSPS) is 30.5. The molecule has 0 aliphatic carbocycles. The molecule has 0 aromatic carbocycles. The van der Waals surface area contributed by atoms with E-state index in [1.165, 1.54) is 21.8 Å². The number of rotatable bonds is 12. The second kappa shape index (κ2) is 14.1. The van der Waals surface area contributed by atoms with E-state index in [-0.39, 0.29) is 40.1 Å². The highest BCUT2D eigenvalue weighted by Crippen LogP contribution is 2.67. The number of anilines is 2. The first-order valence-electron chi connectivity index (χ1n) is 13.6. The molecule has 2 aliphatic rings. The van der Waals surface area contributed by atoms with Gasteiger partial charge in [-0.1, -0.05) is 0 Å². The lowest BCUT2D eigenvalue weighted by atomic mass is 10.1. The molecule has 0 amide bonds. The Labute approximate surface area is 277 Å². The lowest BCUT2D eigenvalue weighted by Gasteiger charge is -2.21. The molecule has 14 N–H and O–H groups in total. The Bertz CT molecular complexity index is 1870. The number of phosphoric acid groups is 3. The number of ether oxygens (including phenoxy) is 2. The van der Waals surface area contributed by atoms with Gasteiger partial charge in [-0.3, -0.25) is 18.2 Å². The molecule has 4 aromatic heterocycles. The standard InChI is InChI=1S/C20H27N10O16P3.H3N/c21-15-9-17(25-3-23-15)29(5-27-9)19-13(33)11(31)7(43-19)1-41-47(35,36)45-49(39,40)46-48(37,38)42-2-8-12(32)14(34)20(44-8)30-6-28-10-16(22)24-4-26-18(10)30;/h3-8,11-14,19-20,31-34H,1-2H2,(H,35,36)(H,37,38)(H,39,40)(H2,21,23,25)(H2,22,24,26);1H3. The molecule has 30 heteroatoms. The van der Waals surface area contributed by atoms with E-state index in [0.29, 0.717) is 0 Å². The van der Waals surface area contributed by atoms with E-state index < -0.39 is 85.8 Å². The van der Waals surface area contributed by atoms with Gasteiger partial charge in [0.25, 0.3) is 0 Å². The molecule has 4 aromatic rings. The summed E-state index contributed by atoms with van der Waals surface area (Å²) in [6, 6.07) is 0. The zero-order chi connectivity index (χ0) is 35.5. The summed E-state index contributed by atoms with van der Waals surface area (Å²) in [4.78, 5) is 53.5. The van der Waals surface area contributed by atoms with Crippen LogP contribution in [0, 0.1) is 0 Å². The molecule has 50 heavy (non-hydrogen) atoms. The van der Waals surface area contributed by atoms with Gasteiger partial charge in [-0.15, -0.1) is 0 Å². The summed E-state index contributed by atoms with van der Waals surface area (Å²) >= 11 is 0. The van der Waals surface area contributed by atoms with Gasteiger partial charge in [0.05, 0.1) is 25.9 Å². The zero-order valence-corrected chi connectivity index (χ0v) is 27.6. The Morgan fingerprint density at radius 3 is 1.40 bits per heavy atom. The van der Waals surface area contributed by atoms with Crippen molar-refractivity contribution < 1.29 is 75.9 Å². The summed E-state index contributed by atoms with van der Waals surface area (Å²) < 4.78 is 67.9. The first-order valence-corrected chi connectivity index (χ1v) is 18.0. The fraction of sp³-hybridized carbons (Fsp3) is 0.500. The predicted octanol–water partition coefficient (Wildman–Crippen LogP) is -2.40. The van der Waals surface area contributed by atoms with Gasteiger partial charge < -0.3 is 62.2 Å². The molecule has 6 rings (SSSR count). The molecule has 2 saturated heterocycles. The van der Waals surface area contributed by atoms with E-state index in [2.05, 4.69) is 47.6 Å². The van der Waals surface area contributed by atoms with Gasteiger partial charge in [-0.05, 0) is 0 Å².